The van der Waals surface area contributed by atoms with Crippen molar-refractivity contribution < 1.29 is 4.74 Å². The molecule has 3 aromatic rings. The summed E-state index contributed by atoms with van der Waals surface area (Å²) in [6.07, 6.45) is 5.63. The molecule has 0 radical (unpaired) electrons. The highest BCUT2D eigenvalue weighted by Gasteiger charge is 2.24. The minimum absolute atomic E-state index is 0.475. The Labute approximate surface area is 189 Å². The minimum Gasteiger partial charge on any atom is -0.496 e. The Morgan fingerprint density at radius 3 is 2.03 bits per heavy atom. The molecule has 1 heteroatoms. The summed E-state index contributed by atoms with van der Waals surface area (Å²) in [5.74, 6) is 1.44. The second-order valence-corrected chi connectivity index (χ2v) is 8.67. The quantitative estimate of drug-likeness (QED) is 0.340. The number of rotatable bonds is 9. The summed E-state index contributed by atoms with van der Waals surface area (Å²) in [7, 11) is 1.77. The summed E-state index contributed by atoms with van der Waals surface area (Å²) >= 11 is 0. The summed E-state index contributed by atoms with van der Waals surface area (Å²) in [6.45, 7) is 11.5. The second-order valence-electron chi connectivity index (χ2n) is 8.67. The molecule has 164 valence electrons. The third-order valence-corrected chi connectivity index (χ3v) is 6.51. The van der Waals surface area contributed by atoms with E-state index < -0.39 is 0 Å². The Morgan fingerprint density at radius 2 is 1.45 bits per heavy atom. The Bertz CT molecular complexity index is 1000. The Kier molecular flexibility index (Phi) is 7.96. The van der Waals surface area contributed by atoms with Gasteiger partial charge in [-0.25, -0.2) is 0 Å². The fraction of sp³-hybridized carbons (Fsp3) is 0.400. The lowest BCUT2D eigenvalue weighted by Gasteiger charge is -2.27. The predicted octanol–water partition coefficient (Wildman–Crippen LogP) is 8.76. The van der Waals surface area contributed by atoms with E-state index in [1.54, 1.807) is 7.11 Å². The van der Waals surface area contributed by atoms with Crippen LogP contribution in [-0.4, -0.2) is 7.11 Å². The highest BCUT2D eigenvalue weighted by molar-refractivity contribution is 5.85. The van der Waals surface area contributed by atoms with Crippen LogP contribution in [0.3, 0.4) is 0 Å². The summed E-state index contributed by atoms with van der Waals surface area (Å²) < 4.78 is 5.71. The van der Waals surface area contributed by atoms with Gasteiger partial charge in [0, 0.05) is 0 Å². The Hall–Kier alpha value is -2.54. The average molecular weight is 415 g/mol. The molecule has 3 rings (SSSR count). The van der Waals surface area contributed by atoms with Gasteiger partial charge in [0.1, 0.15) is 5.75 Å². The van der Waals surface area contributed by atoms with Crippen LogP contribution >= 0.6 is 0 Å². The van der Waals surface area contributed by atoms with Gasteiger partial charge in [0.15, 0.2) is 0 Å². The van der Waals surface area contributed by atoms with Gasteiger partial charge in [-0.2, -0.15) is 0 Å². The monoisotopic (exact) mass is 414 g/mol. The van der Waals surface area contributed by atoms with Crippen LogP contribution in [0.25, 0.3) is 22.3 Å². The van der Waals surface area contributed by atoms with Gasteiger partial charge in [0.25, 0.3) is 0 Å². The molecule has 0 spiro atoms. The van der Waals surface area contributed by atoms with E-state index in [1.165, 1.54) is 44.5 Å². The number of methoxy groups -OCH3 is 1. The molecule has 0 saturated heterocycles. The molecule has 0 aromatic heterocycles. The van der Waals surface area contributed by atoms with E-state index in [0.717, 1.165) is 37.9 Å². The average Bonchev–Trinajstić information content (AvgIpc) is 2.79. The highest BCUT2D eigenvalue weighted by atomic mass is 16.5. The SMILES string of the molecule is CCCc1cc(CCC)c(-c2cccc(OC)c2C)c(C(C)CC)c1-c1ccccc1. The minimum atomic E-state index is 0.475. The molecule has 1 atom stereocenters. The maximum Gasteiger partial charge on any atom is 0.122 e. The molecule has 0 aliphatic rings. The molecule has 0 saturated carbocycles. The fourth-order valence-corrected chi connectivity index (χ4v) is 4.83. The maximum atomic E-state index is 5.71. The molecule has 0 aliphatic heterocycles. The van der Waals surface area contributed by atoms with Gasteiger partial charge in [-0.05, 0) is 82.7 Å². The summed E-state index contributed by atoms with van der Waals surface area (Å²) in [5.41, 5.74) is 11.3. The van der Waals surface area contributed by atoms with E-state index >= 15 is 0 Å². The van der Waals surface area contributed by atoms with E-state index in [1.807, 2.05) is 0 Å². The zero-order valence-corrected chi connectivity index (χ0v) is 20.2. The number of benzene rings is 3. The zero-order chi connectivity index (χ0) is 22.4. The largest absolute Gasteiger partial charge is 0.496 e. The first kappa shape index (κ1) is 23.1. The fourth-order valence-electron chi connectivity index (χ4n) is 4.83. The molecule has 0 aliphatic carbocycles. The summed E-state index contributed by atoms with van der Waals surface area (Å²) in [6, 6.07) is 20.0. The van der Waals surface area contributed by atoms with E-state index in [9.17, 15) is 0 Å². The number of aryl methyl sites for hydroxylation is 2. The maximum absolute atomic E-state index is 5.71. The number of ether oxygens (including phenoxy) is 1. The molecule has 0 fully saturated rings. The molecule has 0 amide bonds. The van der Waals surface area contributed by atoms with Gasteiger partial charge >= 0.3 is 0 Å². The van der Waals surface area contributed by atoms with Gasteiger partial charge in [0.05, 0.1) is 7.11 Å². The predicted molar refractivity (Wildman–Crippen MR) is 135 cm³/mol. The van der Waals surface area contributed by atoms with Crippen LogP contribution in [0.5, 0.6) is 5.75 Å². The molecule has 1 unspecified atom stereocenters. The van der Waals surface area contributed by atoms with Crippen LogP contribution < -0.4 is 4.74 Å². The van der Waals surface area contributed by atoms with Crippen molar-refractivity contribution in [1.29, 1.82) is 0 Å². The van der Waals surface area contributed by atoms with Crippen LogP contribution in [0.15, 0.2) is 54.6 Å². The van der Waals surface area contributed by atoms with Crippen LogP contribution in [0.1, 0.15) is 75.1 Å². The third kappa shape index (κ3) is 4.71. The zero-order valence-electron chi connectivity index (χ0n) is 20.2. The number of hydrogen-bond acceptors (Lipinski definition) is 1. The van der Waals surface area contributed by atoms with Crippen molar-refractivity contribution in [2.45, 2.75) is 72.6 Å². The molecule has 0 N–H and O–H groups in total. The summed E-state index contributed by atoms with van der Waals surface area (Å²) in [5, 5.41) is 0. The van der Waals surface area contributed by atoms with E-state index in [2.05, 4.69) is 89.2 Å². The highest BCUT2D eigenvalue weighted by Crippen LogP contribution is 2.45. The van der Waals surface area contributed by atoms with Crippen molar-refractivity contribution in [3.05, 3.63) is 76.9 Å². The molecule has 31 heavy (non-hydrogen) atoms. The Balaban J connectivity index is 2.48. The second kappa shape index (κ2) is 10.7. The van der Waals surface area contributed by atoms with Gasteiger partial charge in [0.2, 0.25) is 0 Å². The lowest BCUT2D eigenvalue weighted by atomic mass is 9.77. The van der Waals surface area contributed by atoms with Crippen LogP contribution in [0.2, 0.25) is 0 Å². The van der Waals surface area contributed by atoms with Gasteiger partial charge < -0.3 is 4.74 Å². The van der Waals surface area contributed by atoms with E-state index in [-0.39, 0.29) is 0 Å². The molecular weight excluding hydrogens is 376 g/mol. The lowest BCUT2D eigenvalue weighted by molar-refractivity contribution is 0.412. The van der Waals surface area contributed by atoms with Crippen LogP contribution in [-0.2, 0) is 12.8 Å². The van der Waals surface area contributed by atoms with Gasteiger partial charge in [-0.1, -0.05) is 89.1 Å². The van der Waals surface area contributed by atoms with Crippen molar-refractivity contribution in [1.82, 2.24) is 0 Å². The molecular formula is C30H38O. The van der Waals surface area contributed by atoms with E-state index in [0.29, 0.717) is 5.92 Å². The van der Waals surface area contributed by atoms with Crippen LogP contribution in [0.4, 0.5) is 0 Å². The normalized spacial score (nSPS) is 12.1. The first-order valence-electron chi connectivity index (χ1n) is 11.9. The first-order chi connectivity index (χ1) is 15.1. The smallest absolute Gasteiger partial charge is 0.122 e. The molecule has 3 aromatic carbocycles. The Morgan fingerprint density at radius 1 is 0.806 bits per heavy atom. The molecule has 1 nitrogen and oxygen atoms in total. The van der Waals surface area contributed by atoms with Gasteiger partial charge in [-0.15, -0.1) is 0 Å². The van der Waals surface area contributed by atoms with Crippen molar-refractivity contribution in [3.63, 3.8) is 0 Å². The van der Waals surface area contributed by atoms with Crippen molar-refractivity contribution in [2.75, 3.05) is 7.11 Å². The van der Waals surface area contributed by atoms with Gasteiger partial charge in [-0.3, -0.25) is 0 Å². The van der Waals surface area contributed by atoms with Crippen LogP contribution in [0, 0.1) is 6.92 Å². The number of hydrogen-bond donors (Lipinski definition) is 0. The lowest BCUT2D eigenvalue weighted by Crippen LogP contribution is -2.08. The topological polar surface area (TPSA) is 9.23 Å². The van der Waals surface area contributed by atoms with Crippen molar-refractivity contribution >= 4 is 0 Å². The third-order valence-electron chi connectivity index (χ3n) is 6.51. The standard InChI is InChI=1S/C30H38O/c1-7-14-24-20-25(15-8-2)30(26-18-13-19-27(31-6)22(26)5)28(21(4)9-3)29(24)23-16-11-10-12-17-23/h10-13,16-21H,7-9,14-15H2,1-6H3. The molecule has 0 heterocycles. The molecule has 0 bridgehead atoms. The van der Waals surface area contributed by atoms with Crippen molar-refractivity contribution in [3.8, 4) is 28.0 Å². The first-order valence-corrected chi connectivity index (χ1v) is 11.9. The summed E-state index contributed by atoms with van der Waals surface area (Å²) in [4.78, 5) is 0. The van der Waals surface area contributed by atoms with Crippen molar-refractivity contribution in [2.24, 2.45) is 0 Å². The van der Waals surface area contributed by atoms with E-state index in [4.69, 9.17) is 4.74 Å².